The van der Waals surface area contributed by atoms with Gasteiger partial charge in [0.05, 0.1) is 0 Å². The zero-order valence-corrected chi connectivity index (χ0v) is 5.19. The van der Waals surface area contributed by atoms with Gasteiger partial charge in [0, 0.05) is 5.69 Å². The Kier molecular flexibility index (Phi) is 1.43. The standard InChI is InChI=1S/C6H7BFN/c7-5-2-1-4(9)3-6(5)8/h1-3H,7,9H2. The van der Waals surface area contributed by atoms with Crippen LogP contribution in [0.2, 0.25) is 0 Å². The third kappa shape index (κ3) is 1.22. The van der Waals surface area contributed by atoms with Crippen LogP contribution < -0.4 is 11.2 Å². The van der Waals surface area contributed by atoms with Crippen molar-refractivity contribution < 1.29 is 4.39 Å². The van der Waals surface area contributed by atoms with Crippen LogP contribution in [0.5, 0.6) is 0 Å². The number of halogens is 1. The first kappa shape index (κ1) is 6.14. The molecule has 0 saturated carbocycles. The zero-order chi connectivity index (χ0) is 6.85. The molecule has 0 aromatic heterocycles. The van der Waals surface area contributed by atoms with Crippen LogP contribution in [0.1, 0.15) is 0 Å². The molecule has 3 heteroatoms. The molecule has 0 fully saturated rings. The van der Waals surface area contributed by atoms with E-state index >= 15 is 0 Å². The van der Waals surface area contributed by atoms with Crippen LogP contribution in [0.3, 0.4) is 0 Å². The molecule has 0 heterocycles. The van der Waals surface area contributed by atoms with E-state index in [1.807, 2.05) is 0 Å². The molecule has 0 radical (unpaired) electrons. The number of anilines is 1. The molecule has 0 aliphatic rings. The average Bonchev–Trinajstić information content (AvgIpc) is 1.80. The first-order valence-electron chi connectivity index (χ1n) is 2.72. The normalized spacial score (nSPS) is 9.44. The van der Waals surface area contributed by atoms with E-state index in [1.165, 1.54) is 6.07 Å². The topological polar surface area (TPSA) is 26.0 Å². The highest BCUT2D eigenvalue weighted by Gasteiger charge is 1.93. The molecule has 9 heavy (non-hydrogen) atoms. The Morgan fingerprint density at radius 2 is 2.11 bits per heavy atom. The molecular weight excluding hydrogens is 116 g/mol. The molecule has 0 aliphatic carbocycles. The molecule has 1 aromatic carbocycles. The predicted octanol–water partition coefficient (Wildman–Crippen LogP) is -0.334. The van der Waals surface area contributed by atoms with Crippen molar-refractivity contribution in [3.63, 3.8) is 0 Å². The molecule has 0 amide bonds. The monoisotopic (exact) mass is 123 g/mol. The minimum atomic E-state index is -0.241. The summed E-state index contributed by atoms with van der Waals surface area (Å²) < 4.78 is 12.5. The predicted molar refractivity (Wildman–Crippen MR) is 39.0 cm³/mol. The van der Waals surface area contributed by atoms with Gasteiger partial charge < -0.3 is 5.73 Å². The van der Waals surface area contributed by atoms with E-state index in [4.69, 9.17) is 5.73 Å². The average molecular weight is 123 g/mol. The van der Waals surface area contributed by atoms with Gasteiger partial charge in [-0.15, -0.1) is 0 Å². The lowest BCUT2D eigenvalue weighted by Crippen LogP contribution is -2.07. The molecule has 0 unspecified atom stereocenters. The van der Waals surface area contributed by atoms with Crippen molar-refractivity contribution in [2.75, 3.05) is 5.73 Å². The summed E-state index contributed by atoms with van der Waals surface area (Å²) in [5, 5.41) is 0. The molecule has 0 aliphatic heterocycles. The highest BCUT2D eigenvalue weighted by molar-refractivity contribution is 6.32. The molecule has 1 aromatic rings. The summed E-state index contributed by atoms with van der Waals surface area (Å²) in [7, 11) is 1.70. The third-order valence-electron chi connectivity index (χ3n) is 1.20. The molecule has 0 saturated heterocycles. The lowest BCUT2D eigenvalue weighted by atomic mass is 9.95. The van der Waals surface area contributed by atoms with Gasteiger partial charge in [-0.3, -0.25) is 0 Å². The Morgan fingerprint density at radius 3 is 2.56 bits per heavy atom. The van der Waals surface area contributed by atoms with Crippen LogP contribution in [0, 0.1) is 5.82 Å². The van der Waals surface area contributed by atoms with Crippen LogP contribution in [0.15, 0.2) is 18.2 Å². The Bertz CT molecular complexity index is 224. The fourth-order valence-corrected chi connectivity index (χ4v) is 0.609. The van der Waals surface area contributed by atoms with Crippen molar-refractivity contribution >= 4 is 19.0 Å². The number of benzene rings is 1. The number of hydrogen-bond donors (Lipinski definition) is 1. The summed E-state index contributed by atoms with van der Waals surface area (Å²) in [5.74, 6) is -0.241. The lowest BCUT2D eigenvalue weighted by molar-refractivity contribution is 0.637. The van der Waals surface area contributed by atoms with E-state index in [0.29, 0.717) is 11.2 Å². The van der Waals surface area contributed by atoms with Crippen LogP contribution in [0.4, 0.5) is 10.1 Å². The zero-order valence-electron chi connectivity index (χ0n) is 5.19. The minimum Gasteiger partial charge on any atom is -0.399 e. The van der Waals surface area contributed by atoms with E-state index in [2.05, 4.69) is 0 Å². The van der Waals surface area contributed by atoms with Gasteiger partial charge in [-0.1, -0.05) is 11.5 Å². The van der Waals surface area contributed by atoms with Crippen molar-refractivity contribution in [3.8, 4) is 0 Å². The second-order valence-electron chi connectivity index (χ2n) is 2.01. The fraction of sp³-hybridized carbons (Fsp3) is 0. The maximum Gasteiger partial charge on any atom is 0.143 e. The van der Waals surface area contributed by atoms with Crippen molar-refractivity contribution in [1.29, 1.82) is 0 Å². The molecule has 0 spiro atoms. The van der Waals surface area contributed by atoms with Gasteiger partial charge >= 0.3 is 0 Å². The summed E-state index contributed by atoms with van der Waals surface area (Å²) in [6.07, 6.45) is 0. The van der Waals surface area contributed by atoms with E-state index in [1.54, 1.807) is 20.0 Å². The second kappa shape index (κ2) is 2.09. The lowest BCUT2D eigenvalue weighted by Gasteiger charge is -1.95. The maximum absolute atomic E-state index is 12.5. The third-order valence-corrected chi connectivity index (χ3v) is 1.20. The number of nitrogen functional groups attached to an aromatic ring is 1. The molecular formula is C6H7BFN. The van der Waals surface area contributed by atoms with E-state index in [-0.39, 0.29) is 5.82 Å². The van der Waals surface area contributed by atoms with E-state index in [9.17, 15) is 4.39 Å². The quantitative estimate of drug-likeness (QED) is 0.370. The molecule has 0 atom stereocenters. The van der Waals surface area contributed by atoms with Gasteiger partial charge in [0.1, 0.15) is 13.7 Å². The molecule has 2 N–H and O–H groups in total. The largest absolute Gasteiger partial charge is 0.399 e. The first-order chi connectivity index (χ1) is 4.20. The van der Waals surface area contributed by atoms with Crippen LogP contribution in [-0.2, 0) is 0 Å². The summed E-state index contributed by atoms with van der Waals surface area (Å²) in [6.45, 7) is 0. The first-order valence-corrected chi connectivity index (χ1v) is 2.72. The van der Waals surface area contributed by atoms with Gasteiger partial charge in [0.2, 0.25) is 0 Å². The smallest absolute Gasteiger partial charge is 0.143 e. The minimum absolute atomic E-state index is 0.241. The maximum atomic E-state index is 12.5. The Balaban J connectivity index is 3.17. The van der Waals surface area contributed by atoms with Crippen LogP contribution >= 0.6 is 0 Å². The SMILES string of the molecule is Bc1ccc(N)cc1F. The number of rotatable bonds is 0. The Morgan fingerprint density at radius 1 is 1.44 bits per heavy atom. The summed E-state index contributed by atoms with van der Waals surface area (Å²) in [6, 6.07) is 4.65. The second-order valence-corrected chi connectivity index (χ2v) is 2.01. The van der Waals surface area contributed by atoms with Crippen LogP contribution in [-0.4, -0.2) is 7.85 Å². The van der Waals surface area contributed by atoms with Gasteiger partial charge in [0.15, 0.2) is 0 Å². The summed E-state index contributed by atoms with van der Waals surface area (Å²) in [4.78, 5) is 0. The van der Waals surface area contributed by atoms with Gasteiger partial charge in [-0.05, 0) is 12.1 Å². The molecule has 46 valence electrons. The van der Waals surface area contributed by atoms with Crippen molar-refractivity contribution in [3.05, 3.63) is 24.0 Å². The summed E-state index contributed by atoms with van der Waals surface area (Å²) in [5.41, 5.74) is 6.39. The highest BCUT2D eigenvalue weighted by Crippen LogP contribution is 2.00. The molecule has 1 nitrogen and oxygen atoms in total. The Hall–Kier alpha value is -0.985. The van der Waals surface area contributed by atoms with Crippen LogP contribution in [0.25, 0.3) is 0 Å². The highest BCUT2D eigenvalue weighted by atomic mass is 19.1. The van der Waals surface area contributed by atoms with Crippen molar-refractivity contribution in [1.82, 2.24) is 0 Å². The molecule has 0 bridgehead atoms. The Labute approximate surface area is 54.1 Å². The van der Waals surface area contributed by atoms with Crippen molar-refractivity contribution in [2.24, 2.45) is 0 Å². The fourth-order valence-electron chi connectivity index (χ4n) is 0.609. The van der Waals surface area contributed by atoms with Gasteiger partial charge in [-0.25, -0.2) is 4.39 Å². The van der Waals surface area contributed by atoms with Gasteiger partial charge in [-0.2, -0.15) is 0 Å². The number of nitrogens with two attached hydrogens (primary N) is 1. The van der Waals surface area contributed by atoms with E-state index in [0.717, 1.165) is 0 Å². The molecule has 1 rings (SSSR count). The van der Waals surface area contributed by atoms with E-state index < -0.39 is 0 Å². The number of hydrogen-bond acceptors (Lipinski definition) is 1. The summed E-state index contributed by atoms with van der Waals surface area (Å²) >= 11 is 0. The van der Waals surface area contributed by atoms with Crippen molar-refractivity contribution in [2.45, 2.75) is 0 Å². The van der Waals surface area contributed by atoms with Gasteiger partial charge in [0.25, 0.3) is 0 Å².